The van der Waals surface area contributed by atoms with Gasteiger partial charge in [-0.2, -0.15) is 0 Å². The highest BCUT2D eigenvalue weighted by Gasteiger charge is 2.12. The number of carbonyl (C=O) groups is 1. The Bertz CT molecular complexity index is 868. The monoisotopic (exact) mass is 353 g/mol. The number of nitrogens with zero attached hydrogens (tertiary/aromatic N) is 2. The fraction of sp³-hybridized carbons (Fsp3) is 0.211. The van der Waals surface area contributed by atoms with Gasteiger partial charge in [0.2, 0.25) is 11.8 Å². The van der Waals surface area contributed by atoms with Crippen LogP contribution in [0.3, 0.4) is 0 Å². The summed E-state index contributed by atoms with van der Waals surface area (Å²) in [5.41, 5.74) is 4.97. The number of amides is 1. The minimum atomic E-state index is -0.0996. The van der Waals surface area contributed by atoms with Crippen molar-refractivity contribution in [1.82, 2.24) is 10.2 Å². The van der Waals surface area contributed by atoms with Crippen LogP contribution in [0, 0.1) is 20.8 Å². The third-order valence-electron chi connectivity index (χ3n) is 3.78. The van der Waals surface area contributed by atoms with Gasteiger partial charge in [0.1, 0.15) is 0 Å². The van der Waals surface area contributed by atoms with Crippen LogP contribution in [0.5, 0.6) is 0 Å². The lowest BCUT2D eigenvalue weighted by atomic mass is 10.1. The highest BCUT2D eigenvalue weighted by molar-refractivity contribution is 7.99. The van der Waals surface area contributed by atoms with E-state index in [0.717, 1.165) is 22.4 Å². The average Bonchev–Trinajstić information content (AvgIpc) is 3.06. The van der Waals surface area contributed by atoms with Crippen molar-refractivity contribution in [3.8, 4) is 11.5 Å². The van der Waals surface area contributed by atoms with Gasteiger partial charge in [0.15, 0.2) is 0 Å². The predicted octanol–water partition coefficient (Wildman–Crippen LogP) is 4.39. The van der Waals surface area contributed by atoms with Crippen molar-refractivity contribution in [1.29, 1.82) is 0 Å². The first-order chi connectivity index (χ1) is 12.0. The molecule has 6 heteroatoms. The molecule has 0 aliphatic carbocycles. The molecule has 3 rings (SSSR count). The first-order valence-electron chi connectivity index (χ1n) is 7.92. The van der Waals surface area contributed by atoms with Gasteiger partial charge in [-0.3, -0.25) is 4.79 Å². The highest BCUT2D eigenvalue weighted by Crippen LogP contribution is 2.24. The molecule has 1 amide bonds. The standard InChI is InChI=1S/C19H19N3O2S/c1-12-7-9-15(10-8-12)18-21-22-19(24-18)25-11-16(23)20-17-13(2)5-4-6-14(17)3/h4-10H,11H2,1-3H3,(H,20,23). The van der Waals surface area contributed by atoms with Crippen molar-refractivity contribution < 1.29 is 9.21 Å². The summed E-state index contributed by atoms with van der Waals surface area (Å²) in [6, 6.07) is 13.8. The Hall–Kier alpha value is -2.60. The molecule has 2 aromatic carbocycles. The molecular weight excluding hydrogens is 334 g/mol. The Morgan fingerprint density at radius 2 is 1.72 bits per heavy atom. The van der Waals surface area contributed by atoms with E-state index in [4.69, 9.17) is 4.42 Å². The quantitative estimate of drug-likeness (QED) is 0.689. The third kappa shape index (κ3) is 4.28. The number of hydrogen-bond acceptors (Lipinski definition) is 5. The van der Waals surface area contributed by atoms with E-state index < -0.39 is 0 Å². The van der Waals surface area contributed by atoms with Crippen LogP contribution in [0.2, 0.25) is 0 Å². The van der Waals surface area contributed by atoms with Gasteiger partial charge in [-0.15, -0.1) is 10.2 Å². The van der Waals surface area contributed by atoms with Crippen LogP contribution in [0.1, 0.15) is 16.7 Å². The van der Waals surface area contributed by atoms with Crippen molar-refractivity contribution in [3.05, 3.63) is 59.2 Å². The van der Waals surface area contributed by atoms with E-state index in [1.165, 1.54) is 17.3 Å². The van der Waals surface area contributed by atoms with Crippen LogP contribution in [0.4, 0.5) is 5.69 Å². The molecule has 0 radical (unpaired) electrons. The normalized spacial score (nSPS) is 10.7. The maximum absolute atomic E-state index is 12.2. The zero-order valence-corrected chi connectivity index (χ0v) is 15.2. The molecule has 0 aliphatic rings. The maximum Gasteiger partial charge on any atom is 0.277 e. The van der Waals surface area contributed by atoms with Gasteiger partial charge in [0.25, 0.3) is 5.22 Å². The molecule has 0 saturated heterocycles. The SMILES string of the molecule is Cc1ccc(-c2nnc(SCC(=O)Nc3c(C)cccc3C)o2)cc1. The summed E-state index contributed by atoms with van der Waals surface area (Å²) >= 11 is 1.23. The average molecular weight is 353 g/mol. The van der Waals surface area contributed by atoms with Crippen LogP contribution in [-0.4, -0.2) is 21.9 Å². The summed E-state index contributed by atoms with van der Waals surface area (Å²) in [5.74, 6) is 0.568. The van der Waals surface area contributed by atoms with Crippen LogP contribution in [-0.2, 0) is 4.79 Å². The lowest BCUT2D eigenvalue weighted by Crippen LogP contribution is -2.15. The molecule has 1 heterocycles. The molecule has 5 nitrogen and oxygen atoms in total. The number of para-hydroxylation sites is 1. The van der Waals surface area contributed by atoms with Gasteiger partial charge in [0.05, 0.1) is 5.75 Å². The molecule has 0 spiro atoms. The lowest BCUT2D eigenvalue weighted by Gasteiger charge is -2.10. The molecule has 0 unspecified atom stereocenters. The van der Waals surface area contributed by atoms with E-state index in [0.29, 0.717) is 11.1 Å². The van der Waals surface area contributed by atoms with Crippen LogP contribution in [0.15, 0.2) is 52.1 Å². The van der Waals surface area contributed by atoms with Crippen LogP contribution < -0.4 is 5.32 Å². The van der Waals surface area contributed by atoms with Gasteiger partial charge in [0, 0.05) is 11.3 Å². The summed E-state index contributed by atoms with van der Waals surface area (Å²) in [6.45, 7) is 5.97. The summed E-state index contributed by atoms with van der Waals surface area (Å²) in [7, 11) is 0. The zero-order chi connectivity index (χ0) is 17.8. The van der Waals surface area contributed by atoms with E-state index in [1.54, 1.807) is 0 Å². The first kappa shape index (κ1) is 17.2. The van der Waals surface area contributed by atoms with Gasteiger partial charge >= 0.3 is 0 Å². The van der Waals surface area contributed by atoms with Gasteiger partial charge in [-0.1, -0.05) is 47.7 Å². The van der Waals surface area contributed by atoms with E-state index >= 15 is 0 Å². The Morgan fingerprint density at radius 3 is 2.40 bits per heavy atom. The van der Waals surface area contributed by atoms with Gasteiger partial charge < -0.3 is 9.73 Å². The second-order valence-corrected chi connectivity index (χ2v) is 6.77. The molecular formula is C19H19N3O2S. The Labute approximate surface area is 150 Å². The first-order valence-corrected chi connectivity index (χ1v) is 8.91. The van der Waals surface area contributed by atoms with E-state index in [9.17, 15) is 4.79 Å². The summed E-state index contributed by atoms with van der Waals surface area (Å²) < 4.78 is 5.62. The molecule has 25 heavy (non-hydrogen) atoms. The Balaban J connectivity index is 1.60. The molecule has 0 atom stereocenters. The number of anilines is 1. The number of carbonyl (C=O) groups excluding carboxylic acids is 1. The van der Waals surface area contributed by atoms with E-state index in [2.05, 4.69) is 15.5 Å². The second-order valence-electron chi connectivity index (χ2n) is 5.84. The second kappa shape index (κ2) is 7.53. The van der Waals surface area contributed by atoms with Crippen LogP contribution in [0.25, 0.3) is 11.5 Å². The Morgan fingerprint density at radius 1 is 1.04 bits per heavy atom. The summed E-state index contributed by atoms with van der Waals surface area (Å²) in [6.07, 6.45) is 0. The molecule has 3 aromatic rings. The predicted molar refractivity (Wildman–Crippen MR) is 99.7 cm³/mol. The van der Waals surface area contributed by atoms with Crippen LogP contribution >= 0.6 is 11.8 Å². The van der Waals surface area contributed by atoms with Crippen molar-refractivity contribution in [2.45, 2.75) is 26.0 Å². The molecule has 1 N–H and O–H groups in total. The van der Waals surface area contributed by atoms with Gasteiger partial charge in [-0.05, 0) is 44.0 Å². The zero-order valence-electron chi connectivity index (χ0n) is 14.4. The minimum absolute atomic E-state index is 0.0996. The van der Waals surface area contributed by atoms with Crippen molar-refractivity contribution >= 4 is 23.4 Å². The fourth-order valence-corrected chi connectivity index (χ4v) is 2.96. The number of hydrogen-bond donors (Lipinski definition) is 1. The Kier molecular flexibility index (Phi) is 5.19. The fourth-order valence-electron chi connectivity index (χ4n) is 2.40. The van der Waals surface area contributed by atoms with Crippen molar-refractivity contribution in [3.63, 3.8) is 0 Å². The third-order valence-corrected chi connectivity index (χ3v) is 4.60. The molecule has 0 fully saturated rings. The van der Waals surface area contributed by atoms with E-state index in [-0.39, 0.29) is 11.7 Å². The van der Waals surface area contributed by atoms with Crippen molar-refractivity contribution in [2.24, 2.45) is 0 Å². The largest absolute Gasteiger partial charge is 0.411 e. The molecule has 128 valence electrons. The summed E-state index contributed by atoms with van der Waals surface area (Å²) in [5, 5.41) is 11.4. The number of aryl methyl sites for hydroxylation is 3. The molecule has 0 aliphatic heterocycles. The smallest absolute Gasteiger partial charge is 0.277 e. The minimum Gasteiger partial charge on any atom is -0.411 e. The highest BCUT2D eigenvalue weighted by atomic mass is 32.2. The number of thioether (sulfide) groups is 1. The van der Waals surface area contributed by atoms with Gasteiger partial charge in [-0.25, -0.2) is 0 Å². The number of rotatable bonds is 5. The number of aromatic nitrogens is 2. The van der Waals surface area contributed by atoms with E-state index in [1.807, 2.05) is 63.2 Å². The lowest BCUT2D eigenvalue weighted by molar-refractivity contribution is -0.113. The topological polar surface area (TPSA) is 68.0 Å². The number of nitrogens with one attached hydrogen (secondary N) is 1. The molecule has 0 bridgehead atoms. The molecule has 0 saturated carbocycles. The number of benzene rings is 2. The van der Waals surface area contributed by atoms with Crippen molar-refractivity contribution in [2.75, 3.05) is 11.1 Å². The molecule has 1 aromatic heterocycles. The maximum atomic E-state index is 12.2. The summed E-state index contributed by atoms with van der Waals surface area (Å²) in [4.78, 5) is 12.2.